The van der Waals surface area contributed by atoms with Crippen LogP contribution in [-0.4, -0.2) is 43.5 Å². The molecule has 2 atom stereocenters. The van der Waals surface area contributed by atoms with Gasteiger partial charge in [-0.2, -0.15) is 0 Å². The van der Waals surface area contributed by atoms with E-state index in [1.807, 2.05) is 0 Å². The zero-order valence-electron chi connectivity index (χ0n) is 9.12. The van der Waals surface area contributed by atoms with Gasteiger partial charge in [-0.15, -0.1) is 0 Å². The highest BCUT2D eigenvalue weighted by atomic mass is 16.1. The van der Waals surface area contributed by atoms with E-state index in [0.717, 1.165) is 25.9 Å². The van der Waals surface area contributed by atoms with Gasteiger partial charge in [-0.05, 0) is 26.3 Å². The van der Waals surface area contributed by atoms with Gasteiger partial charge < -0.3 is 11.1 Å². The van der Waals surface area contributed by atoms with Gasteiger partial charge in [0.15, 0.2) is 0 Å². The molecule has 1 saturated heterocycles. The fraction of sp³-hybridized carbons (Fsp3) is 0.900. The maximum Gasteiger partial charge on any atom is 0.224 e. The zero-order valence-corrected chi connectivity index (χ0v) is 9.12. The van der Waals surface area contributed by atoms with Crippen LogP contribution < -0.4 is 11.1 Å². The third-order valence-corrected chi connectivity index (χ3v) is 3.03. The topological polar surface area (TPSA) is 58.4 Å². The predicted molar refractivity (Wildman–Crippen MR) is 56.9 cm³/mol. The second-order valence-electron chi connectivity index (χ2n) is 4.03. The van der Waals surface area contributed by atoms with Gasteiger partial charge in [0.1, 0.15) is 0 Å². The van der Waals surface area contributed by atoms with Crippen molar-refractivity contribution in [2.45, 2.75) is 25.8 Å². The standard InChI is InChI=1S/C10H21N3O/c1-8(6-11)13-5-3-4-9(7-13)10(14)12-2/h8-9H,3-7,11H2,1-2H3,(H,12,14). The molecule has 1 aliphatic heterocycles. The predicted octanol–water partition coefficient (Wildman–Crippen LogP) is -0.208. The SMILES string of the molecule is CNC(=O)C1CCCN(C(C)CN)C1. The van der Waals surface area contributed by atoms with E-state index in [4.69, 9.17) is 5.73 Å². The molecular formula is C10H21N3O. The minimum atomic E-state index is 0.155. The van der Waals surface area contributed by atoms with E-state index in [9.17, 15) is 4.79 Å². The maximum atomic E-state index is 11.5. The summed E-state index contributed by atoms with van der Waals surface area (Å²) in [6.07, 6.45) is 2.11. The summed E-state index contributed by atoms with van der Waals surface area (Å²) in [5, 5.41) is 2.72. The molecule has 0 aromatic rings. The van der Waals surface area contributed by atoms with Crippen molar-refractivity contribution in [2.75, 3.05) is 26.7 Å². The van der Waals surface area contributed by atoms with E-state index in [1.165, 1.54) is 0 Å². The molecule has 0 bridgehead atoms. The van der Waals surface area contributed by atoms with Gasteiger partial charge in [-0.1, -0.05) is 0 Å². The van der Waals surface area contributed by atoms with Gasteiger partial charge in [0.2, 0.25) is 5.91 Å². The van der Waals surface area contributed by atoms with Gasteiger partial charge in [0, 0.05) is 26.2 Å². The highest BCUT2D eigenvalue weighted by molar-refractivity contribution is 5.78. The lowest BCUT2D eigenvalue weighted by Gasteiger charge is -2.35. The first kappa shape index (κ1) is 11.5. The molecule has 1 fully saturated rings. The van der Waals surface area contributed by atoms with Crippen molar-refractivity contribution >= 4 is 5.91 Å². The normalized spacial score (nSPS) is 25.8. The van der Waals surface area contributed by atoms with E-state index in [1.54, 1.807) is 7.05 Å². The number of likely N-dealkylation sites (tertiary alicyclic amines) is 1. The van der Waals surface area contributed by atoms with Gasteiger partial charge in [-0.25, -0.2) is 0 Å². The third-order valence-electron chi connectivity index (χ3n) is 3.03. The molecule has 2 unspecified atom stereocenters. The molecule has 0 saturated carbocycles. The molecule has 4 heteroatoms. The van der Waals surface area contributed by atoms with Crippen LogP contribution in [-0.2, 0) is 4.79 Å². The Bertz CT molecular complexity index is 196. The summed E-state index contributed by atoms with van der Waals surface area (Å²) < 4.78 is 0. The van der Waals surface area contributed by atoms with Crippen molar-refractivity contribution in [1.82, 2.24) is 10.2 Å². The summed E-state index contributed by atoms with van der Waals surface area (Å²) in [5.74, 6) is 0.321. The fourth-order valence-corrected chi connectivity index (χ4v) is 1.97. The van der Waals surface area contributed by atoms with Crippen LogP contribution in [0.25, 0.3) is 0 Å². The van der Waals surface area contributed by atoms with Crippen molar-refractivity contribution < 1.29 is 4.79 Å². The molecule has 1 rings (SSSR count). The monoisotopic (exact) mass is 199 g/mol. The van der Waals surface area contributed by atoms with E-state index < -0.39 is 0 Å². The van der Waals surface area contributed by atoms with Gasteiger partial charge >= 0.3 is 0 Å². The molecule has 1 aliphatic rings. The Morgan fingerprint density at radius 3 is 3.00 bits per heavy atom. The van der Waals surface area contributed by atoms with Crippen LogP contribution in [0.1, 0.15) is 19.8 Å². The second-order valence-corrected chi connectivity index (χ2v) is 4.03. The van der Waals surface area contributed by atoms with E-state index in [-0.39, 0.29) is 11.8 Å². The first-order valence-corrected chi connectivity index (χ1v) is 5.34. The molecule has 0 aromatic heterocycles. The van der Waals surface area contributed by atoms with Gasteiger partial charge in [0.05, 0.1) is 5.92 Å². The Balaban J connectivity index is 2.47. The number of nitrogens with one attached hydrogen (secondary N) is 1. The Kier molecular flexibility index (Phi) is 4.35. The number of carbonyl (C=O) groups is 1. The minimum absolute atomic E-state index is 0.155. The summed E-state index contributed by atoms with van der Waals surface area (Å²) >= 11 is 0. The van der Waals surface area contributed by atoms with Crippen LogP contribution in [0.3, 0.4) is 0 Å². The number of amides is 1. The van der Waals surface area contributed by atoms with Gasteiger partial charge in [-0.3, -0.25) is 9.69 Å². The lowest BCUT2D eigenvalue weighted by Crippen LogP contribution is -2.47. The molecule has 3 N–H and O–H groups in total. The minimum Gasteiger partial charge on any atom is -0.359 e. The summed E-state index contributed by atoms with van der Waals surface area (Å²) in [5.41, 5.74) is 5.61. The molecule has 1 amide bonds. The lowest BCUT2D eigenvalue weighted by atomic mass is 9.96. The highest BCUT2D eigenvalue weighted by Gasteiger charge is 2.26. The molecule has 1 heterocycles. The van der Waals surface area contributed by atoms with E-state index >= 15 is 0 Å². The molecular weight excluding hydrogens is 178 g/mol. The number of nitrogens with zero attached hydrogens (tertiary/aromatic N) is 1. The van der Waals surface area contributed by atoms with Crippen molar-refractivity contribution in [2.24, 2.45) is 11.7 Å². The van der Waals surface area contributed by atoms with Crippen LogP contribution in [0, 0.1) is 5.92 Å². The van der Waals surface area contributed by atoms with E-state index in [2.05, 4.69) is 17.1 Å². The smallest absolute Gasteiger partial charge is 0.224 e. The lowest BCUT2D eigenvalue weighted by molar-refractivity contribution is -0.126. The average molecular weight is 199 g/mol. The number of carbonyl (C=O) groups excluding carboxylic acids is 1. The number of rotatable bonds is 3. The van der Waals surface area contributed by atoms with Crippen LogP contribution in [0.2, 0.25) is 0 Å². The van der Waals surface area contributed by atoms with Crippen molar-refractivity contribution in [3.8, 4) is 0 Å². The Hall–Kier alpha value is -0.610. The summed E-state index contributed by atoms with van der Waals surface area (Å²) in [7, 11) is 1.70. The van der Waals surface area contributed by atoms with Crippen molar-refractivity contribution in [3.05, 3.63) is 0 Å². The second kappa shape index (κ2) is 5.32. The number of piperidine rings is 1. The molecule has 4 nitrogen and oxygen atoms in total. The van der Waals surface area contributed by atoms with Crippen molar-refractivity contribution in [3.63, 3.8) is 0 Å². The summed E-state index contributed by atoms with van der Waals surface area (Å²) in [6.45, 7) is 4.72. The van der Waals surface area contributed by atoms with Crippen molar-refractivity contribution in [1.29, 1.82) is 0 Å². The Morgan fingerprint density at radius 2 is 2.43 bits per heavy atom. The number of hydrogen-bond donors (Lipinski definition) is 2. The Morgan fingerprint density at radius 1 is 1.71 bits per heavy atom. The number of nitrogens with two attached hydrogens (primary N) is 1. The quantitative estimate of drug-likeness (QED) is 0.661. The van der Waals surface area contributed by atoms with Crippen LogP contribution in [0.15, 0.2) is 0 Å². The highest BCUT2D eigenvalue weighted by Crippen LogP contribution is 2.18. The molecule has 14 heavy (non-hydrogen) atoms. The molecule has 82 valence electrons. The average Bonchev–Trinajstić information content (AvgIpc) is 2.27. The Labute approximate surface area is 85.8 Å². The third kappa shape index (κ3) is 2.69. The maximum absolute atomic E-state index is 11.5. The van der Waals surface area contributed by atoms with Crippen LogP contribution in [0.5, 0.6) is 0 Å². The van der Waals surface area contributed by atoms with Crippen LogP contribution >= 0.6 is 0 Å². The van der Waals surface area contributed by atoms with E-state index in [0.29, 0.717) is 12.6 Å². The molecule has 0 radical (unpaired) electrons. The molecule has 0 aromatic carbocycles. The van der Waals surface area contributed by atoms with Gasteiger partial charge in [0.25, 0.3) is 0 Å². The number of hydrogen-bond acceptors (Lipinski definition) is 3. The molecule has 0 spiro atoms. The van der Waals surface area contributed by atoms with Crippen LogP contribution in [0.4, 0.5) is 0 Å². The zero-order chi connectivity index (χ0) is 10.6. The molecule has 0 aliphatic carbocycles. The fourth-order valence-electron chi connectivity index (χ4n) is 1.97. The summed E-state index contributed by atoms with van der Waals surface area (Å²) in [6, 6.07) is 0.391. The summed E-state index contributed by atoms with van der Waals surface area (Å²) in [4.78, 5) is 13.8. The largest absolute Gasteiger partial charge is 0.359 e. The first-order chi connectivity index (χ1) is 6.69. The first-order valence-electron chi connectivity index (χ1n) is 5.34.